The van der Waals surface area contributed by atoms with Crippen molar-refractivity contribution in [3.63, 3.8) is 0 Å². The third-order valence-corrected chi connectivity index (χ3v) is 2.88. The molecule has 0 spiro atoms. The molecule has 1 aromatic heterocycles. The van der Waals surface area contributed by atoms with E-state index < -0.39 is 0 Å². The summed E-state index contributed by atoms with van der Waals surface area (Å²) in [6, 6.07) is 2.21. The van der Waals surface area contributed by atoms with Crippen LogP contribution in [0.4, 0.5) is 0 Å². The second kappa shape index (κ2) is 5.20. The van der Waals surface area contributed by atoms with E-state index in [1.165, 1.54) is 36.2 Å². The molecule has 0 amide bonds. The summed E-state index contributed by atoms with van der Waals surface area (Å²) >= 11 is 0. The number of aryl methyl sites for hydroxylation is 1. The molecule has 0 aliphatic rings. The molecule has 0 unspecified atom stereocenters. The van der Waals surface area contributed by atoms with Gasteiger partial charge >= 0.3 is 0 Å². The molecule has 2 N–H and O–H groups in total. The molecule has 2 heteroatoms. The second-order valence-corrected chi connectivity index (χ2v) is 3.96. The highest BCUT2D eigenvalue weighted by Gasteiger charge is 2.06. The fourth-order valence-corrected chi connectivity index (χ4v) is 1.94. The predicted octanol–water partition coefficient (Wildman–Crippen LogP) is 2.75. The highest BCUT2D eigenvalue weighted by Crippen LogP contribution is 2.15. The molecule has 2 nitrogen and oxygen atoms in total. The van der Waals surface area contributed by atoms with Crippen molar-refractivity contribution in [2.75, 3.05) is 0 Å². The van der Waals surface area contributed by atoms with Crippen molar-refractivity contribution in [3.05, 3.63) is 23.0 Å². The average Bonchev–Trinajstić information content (AvgIpc) is 2.45. The van der Waals surface area contributed by atoms with Crippen LogP contribution in [0.15, 0.2) is 6.07 Å². The van der Waals surface area contributed by atoms with Gasteiger partial charge in [0, 0.05) is 24.5 Å². The van der Waals surface area contributed by atoms with Crippen LogP contribution in [0.1, 0.15) is 43.1 Å². The third-order valence-electron chi connectivity index (χ3n) is 2.88. The smallest absolute Gasteiger partial charge is 0.0224 e. The first-order valence-corrected chi connectivity index (χ1v) is 5.56. The topological polar surface area (TPSA) is 30.9 Å². The molecule has 0 aromatic carbocycles. The Hall–Kier alpha value is -0.760. The SMILES string of the molecule is CCCCCn1c(C)cc(CN)c1C. The van der Waals surface area contributed by atoms with E-state index in [2.05, 4.69) is 31.4 Å². The molecule has 0 radical (unpaired) electrons. The van der Waals surface area contributed by atoms with E-state index in [0.29, 0.717) is 6.54 Å². The van der Waals surface area contributed by atoms with Crippen molar-refractivity contribution < 1.29 is 0 Å². The summed E-state index contributed by atoms with van der Waals surface area (Å²) in [5, 5.41) is 0. The van der Waals surface area contributed by atoms with E-state index in [-0.39, 0.29) is 0 Å². The Labute approximate surface area is 87.1 Å². The lowest BCUT2D eigenvalue weighted by atomic mass is 10.2. The summed E-state index contributed by atoms with van der Waals surface area (Å²) in [4.78, 5) is 0. The molecule has 0 aliphatic heterocycles. The van der Waals surface area contributed by atoms with Crippen molar-refractivity contribution in [3.8, 4) is 0 Å². The standard InChI is InChI=1S/C12H22N2/c1-4-5-6-7-14-10(2)8-12(9-13)11(14)3/h8H,4-7,9,13H2,1-3H3. The Morgan fingerprint density at radius 2 is 2.00 bits per heavy atom. The van der Waals surface area contributed by atoms with Gasteiger partial charge in [-0.2, -0.15) is 0 Å². The highest BCUT2D eigenvalue weighted by atomic mass is 15.0. The van der Waals surface area contributed by atoms with Gasteiger partial charge in [-0.15, -0.1) is 0 Å². The van der Waals surface area contributed by atoms with E-state index in [9.17, 15) is 0 Å². The average molecular weight is 194 g/mol. The van der Waals surface area contributed by atoms with E-state index in [1.807, 2.05) is 0 Å². The van der Waals surface area contributed by atoms with Crippen LogP contribution in [0.2, 0.25) is 0 Å². The third kappa shape index (κ3) is 2.38. The molecular weight excluding hydrogens is 172 g/mol. The zero-order valence-electron chi connectivity index (χ0n) is 9.64. The largest absolute Gasteiger partial charge is 0.349 e. The van der Waals surface area contributed by atoms with Gasteiger partial charge in [0.2, 0.25) is 0 Å². The first-order chi connectivity index (χ1) is 6.70. The number of nitrogens with two attached hydrogens (primary N) is 1. The quantitative estimate of drug-likeness (QED) is 0.718. The Kier molecular flexibility index (Phi) is 4.21. The summed E-state index contributed by atoms with van der Waals surface area (Å²) in [7, 11) is 0. The van der Waals surface area contributed by atoms with Gasteiger partial charge in [-0.1, -0.05) is 19.8 Å². The monoisotopic (exact) mass is 194 g/mol. The molecule has 1 heterocycles. The summed E-state index contributed by atoms with van der Waals surface area (Å²) in [5.74, 6) is 0. The summed E-state index contributed by atoms with van der Waals surface area (Å²) in [5.41, 5.74) is 9.66. The molecule has 0 saturated heterocycles. The van der Waals surface area contributed by atoms with Gasteiger partial charge in [0.05, 0.1) is 0 Å². The molecule has 0 fully saturated rings. The summed E-state index contributed by atoms with van der Waals surface area (Å²) in [6.07, 6.45) is 3.87. The normalized spacial score (nSPS) is 10.9. The van der Waals surface area contributed by atoms with Crippen molar-refractivity contribution in [2.45, 2.75) is 53.1 Å². The highest BCUT2D eigenvalue weighted by molar-refractivity contribution is 5.26. The van der Waals surface area contributed by atoms with Crippen LogP contribution in [-0.2, 0) is 13.1 Å². The van der Waals surface area contributed by atoms with E-state index in [0.717, 1.165) is 6.54 Å². The van der Waals surface area contributed by atoms with Crippen molar-refractivity contribution in [2.24, 2.45) is 5.73 Å². The van der Waals surface area contributed by atoms with Crippen LogP contribution in [0.3, 0.4) is 0 Å². The second-order valence-electron chi connectivity index (χ2n) is 3.96. The van der Waals surface area contributed by atoms with Crippen LogP contribution in [0.5, 0.6) is 0 Å². The minimum absolute atomic E-state index is 0.660. The van der Waals surface area contributed by atoms with Crippen molar-refractivity contribution in [1.82, 2.24) is 4.57 Å². The summed E-state index contributed by atoms with van der Waals surface area (Å²) < 4.78 is 2.39. The van der Waals surface area contributed by atoms with E-state index in [1.54, 1.807) is 0 Å². The lowest BCUT2D eigenvalue weighted by molar-refractivity contribution is 0.583. The zero-order chi connectivity index (χ0) is 10.6. The molecule has 80 valence electrons. The first kappa shape index (κ1) is 11.3. The van der Waals surface area contributed by atoms with Crippen LogP contribution >= 0.6 is 0 Å². The number of aromatic nitrogens is 1. The fourth-order valence-electron chi connectivity index (χ4n) is 1.94. The van der Waals surface area contributed by atoms with Crippen LogP contribution in [0.25, 0.3) is 0 Å². The Morgan fingerprint density at radius 1 is 1.29 bits per heavy atom. The lowest BCUT2D eigenvalue weighted by Crippen LogP contribution is -2.04. The maximum absolute atomic E-state index is 5.67. The van der Waals surface area contributed by atoms with Gasteiger partial charge in [-0.25, -0.2) is 0 Å². The van der Waals surface area contributed by atoms with Crippen molar-refractivity contribution in [1.29, 1.82) is 0 Å². The van der Waals surface area contributed by atoms with E-state index >= 15 is 0 Å². The number of hydrogen-bond donors (Lipinski definition) is 1. The Morgan fingerprint density at radius 3 is 2.50 bits per heavy atom. The maximum Gasteiger partial charge on any atom is 0.0224 e. The molecule has 0 bridgehead atoms. The molecule has 0 aliphatic carbocycles. The molecule has 1 aromatic rings. The molecular formula is C12H22N2. The van der Waals surface area contributed by atoms with E-state index in [4.69, 9.17) is 5.73 Å². The fraction of sp³-hybridized carbons (Fsp3) is 0.667. The van der Waals surface area contributed by atoms with Gasteiger partial charge in [0.1, 0.15) is 0 Å². The minimum Gasteiger partial charge on any atom is -0.349 e. The molecule has 1 rings (SSSR count). The Bertz CT molecular complexity index is 287. The molecule has 0 atom stereocenters. The number of rotatable bonds is 5. The van der Waals surface area contributed by atoms with Crippen LogP contribution < -0.4 is 5.73 Å². The zero-order valence-corrected chi connectivity index (χ0v) is 9.64. The maximum atomic E-state index is 5.67. The van der Waals surface area contributed by atoms with Crippen LogP contribution in [0, 0.1) is 13.8 Å². The van der Waals surface area contributed by atoms with Crippen molar-refractivity contribution >= 4 is 0 Å². The van der Waals surface area contributed by atoms with Gasteiger partial charge in [0.25, 0.3) is 0 Å². The van der Waals surface area contributed by atoms with Gasteiger partial charge in [-0.05, 0) is 31.9 Å². The molecule has 14 heavy (non-hydrogen) atoms. The lowest BCUT2D eigenvalue weighted by Gasteiger charge is -2.08. The number of nitrogens with zero attached hydrogens (tertiary/aromatic N) is 1. The summed E-state index contributed by atoms with van der Waals surface area (Å²) in [6.45, 7) is 8.37. The minimum atomic E-state index is 0.660. The Balaban J connectivity index is 2.70. The van der Waals surface area contributed by atoms with Crippen LogP contribution in [-0.4, -0.2) is 4.57 Å². The van der Waals surface area contributed by atoms with Gasteiger partial charge in [0.15, 0.2) is 0 Å². The number of unbranched alkanes of at least 4 members (excludes halogenated alkanes) is 2. The first-order valence-electron chi connectivity index (χ1n) is 5.56. The van der Waals surface area contributed by atoms with Gasteiger partial charge in [-0.3, -0.25) is 0 Å². The molecule has 0 saturated carbocycles. The van der Waals surface area contributed by atoms with Gasteiger partial charge < -0.3 is 10.3 Å². The number of hydrogen-bond acceptors (Lipinski definition) is 1. The predicted molar refractivity (Wildman–Crippen MR) is 61.3 cm³/mol.